The van der Waals surface area contributed by atoms with Crippen molar-refractivity contribution in [1.29, 1.82) is 0 Å². The van der Waals surface area contributed by atoms with Gasteiger partial charge in [0.25, 0.3) is 0 Å². The van der Waals surface area contributed by atoms with Gasteiger partial charge in [-0.25, -0.2) is 4.79 Å². The highest BCUT2D eigenvalue weighted by Gasteiger charge is 2.48. The van der Waals surface area contributed by atoms with E-state index in [4.69, 9.17) is 19.3 Å². The number of carbonyl (C=O) groups excluding carboxylic acids is 1. The number of aliphatic hydroxyl groups is 3. The van der Waals surface area contributed by atoms with Crippen LogP contribution in [0, 0.1) is 0 Å². The van der Waals surface area contributed by atoms with Crippen molar-refractivity contribution in [2.75, 3.05) is 7.11 Å². The molecule has 0 aromatic heterocycles. The summed E-state index contributed by atoms with van der Waals surface area (Å²) in [6.07, 6.45) is -8.52. The van der Waals surface area contributed by atoms with Crippen LogP contribution in [0.1, 0.15) is 17.3 Å². The number of methoxy groups -OCH3 is 1. The Morgan fingerprint density at radius 3 is 2.33 bits per heavy atom. The van der Waals surface area contributed by atoms with Crippen molar-refractivity contribution >= 4 is 11.8 Å². The van der Waals surface area contributed by atoms with Crippen LogP contribution in [-0.4, -0.2) is 70.0 Å². The molecule has 1 aliphatic rings. The second kappa shape index (κ2) is 7.14. The van der Waals surface area contributed by atoms with E-state index in [9.17, 15) is 24.9 Å². The van der Waals surface area contributed by atoms with E-state index in [1.807, 2.05) is 0 Å². The summed E-state index contributed by atoms with van der Waals surface area (Å²) in [5.74, 6) is -1.39. The lowest BCUT2D eigenvalue weighted by atomic mass is 9.99. The molecule has 24 heavy (non-hydrogen) atoms. The van der Waals surface area contributed by atoms with Gasteiger partial charge in [0.1, 0.15) is 29.8 Å². The average molecular weight is 342 g/mol. The fourth-order valence-electron chi connectivity index (χ4n) is 2.32. The van der Waals surface area contributed by atoms with E-state index in [2.05, 4.69) is 0 Å². The van der Waals surface area contributed by atoms with Gasteiger partial charge in [0.05, 0.1) is 12.7 Å². The summed E-state index contributed by atoms with van der Waals surface area (Å²) in [5.41, 5.74) is 0.314. The van der Waals surface area contributed by atoms with Crippen molar-refractivity contribution in [3.8, 4) is 11.5 Å². The lowest BCUT2D eigenvalue weighted by molar-refractivity contribution is -0.271. The van der Waals surface area contributed by atoms with Crippen molar-refractivity contribution in [2.45, 2.75) is 37.6 Å². The number of aliphatic carboxylic acids is 1. The molecule has 2 rings (SSSR count). The first-order chi connectivity index (χ1) is 11.3. The molecule has 0 spiro atoms. The quantitative estimate of drug-likeness (QED) is 0.504. The van der Waals surface area contributed by atoms with Crippen molar-refractivity contribution in [3.05, 3.63) is 23.8 Å². The van der Waals surface area contributed by atoms with Crippen molar-refractivity contribution in [2.24, 2.45) is 0 Å². The lowest BCUT2D eigenvalue weighted by Crippen LogP contribution is -2.61. The third-order valence-corrected chi connectivity index (χ3v) is 3.62. The topological polar surface area (TPSA) is 143 Å². The number of ether oxygens (including phenoxy) is 3. The summed E-state index contributed by atoms with van der Waals surface area (Å²) in [5, 5.41) is 38.2. The Kier molecular flexibility index (Phi) is 5.40. The number of carboxylic acids is 1. The molecule has 4 N–H and O–H groups in total. The second-order valence-electron chi connectivity index (χ2n) is 5.27. The molecule has 0 amide bonds. The number of carboxylic acid groups (broad SMARTS) is 1. The molecule has 0 bridgehead atoms. The van der Waals surface area contributed by atoms with Crippen molar-refractivity contribution < 1.29 is 44.2 Å². The molecule has 0 aliphatic carbocycles. The molecule has 0 radical (unpaired) electrons. The molecule has 1 heterocycles. The van der Waals surface area contributed by atoms with E-state index in [-0.39, 0.29) is 17.3 Å². The van der Waals surface area contributed by atoms with E-state index in [0.29, 0.717) is 5.56 Å². The highest BCUT2D eigenvalue weighted by Crippen LogP contribution is 2.29. The highest BCUT2D eigenvalue weighted by molar-refractivity contribution is 5.97. The molecule has 9 heteroatoms. The number of Topliss-reactive ketones (excluding diaryl/α,β-unsaturated/α-hetero) is 1. The van der Waals surface area contributed by atoms with Crippen LogP contribution < -0.4 is 9.47 Å². The summed E-state index contributed by atoms with van der Waals surface area (Å²) < 4.78 is 15.4. The summed E-state index contributed by atoms with van der Waals surface area (Å²) in [6.45, 7) is 1.36. The Morgan fingerprint density at radius 1 is 1.12 bits per heavy atom. The maximum absolute atomic E-state index is 11.5. The highest BCUT2D eigenvalue weighted by atomic mass is 16.7. The first-order valence-electron chi connectivity index (χ1n) is 7.04. The summed E-state index contributed by atoms with van der Waals surface area (Å²) >= 11 is 0. The molecule has 1 aromatic carbocycles. The van der Waals surface area contributed by atoms with Gasteiger partial charge < -0.3 is 34.6 Å². The third kappa shape index (κ3) is 3.49. The van der Waals surface area contributed by atoms with Gasteiger partial charge in [-0.3, -0.25) is 4.79 Å². The number of ketones is 1. The molecular weight excluding hydrogens is 324 g/mol. The zero-order valence-corrected chi connectivity index (χ0v) is 12.9. The van der Waals surface area contributed by atoms with Crippen LogP contribution in [0.25, 0.3) is 0 Å². The molecule has 1 fully saturated rings. The van der Waals surface area contributed by atoms with Crippen molar-refractivity contribution in [3.63, 3.8) is 0 Å². The predicted molar refractivity (Wildman–Crippen MR) is 77.9 cm³/mol. The number of hydrogen-bond donors (Lipinski definition) is 4. The Morgan fingerprint density at radius 2 is 1.79 bits per heavy atom. The Balaban J connectivity index is 2.23. The largest absolute Gasteiger partial charge is 0.496 e. The number of aliphatic hydroxyl groups excluding tert-OH is 3. The van der Waals surface area contributed by atoms with E-state index in [1.165, 1.54) is 32.2 Å². The maximum Gasteiger partial charge on any atom is 0.335 e. The van der Waals surface area contributed by atoms with Gasteiger partial charge >= 0.3 is 5.97 Å². The monoisotopic (exact) mass is 342 g/mol. The number of carbonyl (C=O) groups is 2. The minimum atomic E-state index is -1.80. The van der Waals surface area contributed by atoms with Crippen molar-refractivity contribution in [1.82, 2.24) is 0 Å². The molecule has 1 saturated heterocycles. The van der Waals surface area contributed by atoms with Gasteiger partial charge in [0, 0.05) is 6.07 Å². The van der Waals surface area contributed by atoms with Crippen LogP contribution in [0.3, 0.4) is 0 Å². The third-order valence-electron chi connectivity index (χ3n) is 3.62. The fraction of sp³-hybridized carbons (Fsp3) is 0.467. The van der Waals surface area contributed by atoms with Gasteiger partial charge in [-0.05, 0) is 19.1 Å². The number of benzene rings is 1. The minimum absolute atomic E-state index is 0.119. The molecule has 5 atom stereocenters. The molecule has 1 aliphatic heterocycles. The zero-order chi connectivity index (χ0) is 18.0. The van der Waals surface area contributed by atoms with E-state index in [1.54, 1.807) is 0 Å². The second-order valence-corrected chi connectivity index (χ2v) is 5.27. The molecule has 1 aromatic rings. The van der Waals surface area contributed by atoms with Gasteiger partial charge in [0.15, 0.2) is 11.9 Å². The number of hydrogen-bond acceptors (Lipinski definition) is 8. The summed E-state index contributed by atoms with van der Waals surface area (Å²) in [6, 6.07) is 4.20. The first-order valence-corrected chi connectivity index (χ1v) is 7.04. The Labute approximate surface area is 137 Å². The van der Waals surface area contributed by atoms with E-state index in [0.717, 1.165) is 0 Å². The fourth-order valence-corrected chi connectivity index (χ4v) is 2.32. The lowest BCUT2D eigenvalue weighted by Gasteiger charge is -2.38. The Bertz CT molecular complexity index is 629. The zero-order valence-electron chi connectivity index (χ0n) is 12.9. The van der Waals surface area contributed by atoms with Crippen LogP contribution >= 0.6 is 0 Å². The first kappa shape index (κ1) is 18.1. The molecular formula is C15H18O9. The Hall–Kier alpha value is -2.20. The van der Waals surface area contributed by atoms with Gasteiger partial charge in [-0.2, -0.15) is 0 Å². The molecule has 132 valence electrons. The smallest absolute Gasteiger partial charge is 0.335 e. The standard InChI is InChI=1S/C15H18O9/c1-6(16)8-4-3-7(5-9(8)22-2)23-15-12(19)10(17)11(18)13(24-15)14(20)21/h3-5,10-13,15,17-19H,1-2H3,(H,20,21). The van der Waals surface area contributed by atoms with Crippen LogP contribution in [0.15, 0.2) is 18.2 Å². The summed E-state index contributed by atoms with van der Waals surface area (Å²) in [4.78, 5) is 22.5. The summed E-state index contributed by atoms with van der Waals surface area (Å²) in [7, 11) is 1.36. The minimum Gasteiger partial charge on any atom is -0.496 e. The normalized spacial score (nSPS) is 29.8. The van der Waals surface area contributed by atoms with Crippen LogP contribution in [0.2, 0.25) is 0 Å². The van der Waals surface area contributed by atoms with Gasteiger partial charge in [-0.15, -0.1) is 0 Å². The average Bonchev–Trinajstić information content (AvgIpc) is 2.54. The molecule has 9 nitrogen and oxygen atoms in total. The van der Waals surface area contributed by atoms with E-state index < -0.39 is 36.7 Å². The van der Waals surface area contributed by atoms with Gasteiger partial charge in [-0.1, -0.05) is 0 Å². The van der Waals surface area contributed by atoms with Crippen LogP contribution in [0.4, 0.5) is 0 Å². The van der Waals surface area contributed by atoms with Crippen LogP contribution in [0.5, 0.6) is 11.5 Å². The van der Waals surface area contributed by atoms with Gasteiger partial charge in [0.2, 0.25) is 6.29 Å². The van der Waals surface area contributed by atoms with E-state index >= 15 is 0 Å². The van der Waals surface area contributed by atoms with Crippen LogP contribution in [-0.2, 0) is 9.53 Å². The molecule has 5 unspecified atom stereocenters. The maximum atomic E-state index is 11.5. The SMILES string of the molecule is COc1cc(OC2OC(C(=O)O)C(O)C(O)C2O)ccc1C(C)=O. The number of rotatable bonds is 5. The molecule has 0 saturated carbocycles. The predicted octanol–water partition coefficient (Wildman–Crippen LogP) is -0.831.